The third-order valence-electron chi connectivity index (χ3n) is 3.52. The molecule has 1 N–H and O–H groups in total. The van der Waals surface area contributed by atoms with Crippen LogP contribution in [0, 0.1) is 13.8 Å². The number of aromatic nitrogens is 2. The van der Waals surface area contributed by atoms with E-state index in [9.17, 15) is 4.79 Å². The van der Waals surface area contributed by atoms with Gasteiger partial charge in [0, 0.05) is 16.7 Å². The Morgan fingerprint density at radius 1 is 0.857 bits per heavy atom. The van der Waals surface area contributed by atoms with E-state index in [1.807, 2.05) is 61.5 Å². The first kappa shape index (κ1) is 13.3. The predicted molar refractivity (Wildman–Crippen MR) is 85.2 cm³/mol. The van der Waals surface area contributed by atoms with Crippen molar-refractivity contribution in [3.63, 3.8) is 0 Å². The smallest absolute Gasteiger partial charge is 0.254 e. The van der Waals surface area contributed by atoms with Crippen molar-refractivity contribution < 1.29 is 0 Å². The molecule has 0 saturated carbocycles. The van der Waals surface area contributed by atoms with Gasteiger partial charge in [-0.1, -0.05) is 60.2 Å². The van der Waals surface area contributed by atoms with E-state index in [0.29, 0.717) is 11.4 Å². The lowest BCUT2D eigenvalue weighted by molar-refractivity contribution is 1.09. The Kier molecular flexibility index (Phi) is 3.40. The van der Waals surface area contributed by atoms with Crippen LogP contribution in [-0.4, -0.2) is 9.97 Å². The summed E-state index contributed by atoms with van der Waals surface area (Å²) in [6, 6.07) is 17.7. The molecule has 3 heteroatoms. The summed E-state index contributed by atoms with van der Waals surface area (Å²) in [6.07, 6.45) is 0. The Bertz CT molecular complexity index is 818. The SMILES string of the molecule is Cc1ccc(-c2nc(-c3ccccc3)c(C)c(=O)[nH]2)cc1. The molecule has 21 heavy (non-hydrogen) atoms. The number of aryl methyl sites for hydroxylation is 1. The van der Waals surface area contributed by atoms with Crippen molar-refractivity contribution in [1.29, 1.82) is 0 Å². The normalized spacial score (nSPS) is 10.6. The zero-order chi connectivity index (χ0) is 14.8. The minimum atomic E-state index is -0.0978. The standard InChI is InChI=1S/C18H16N2O/c1-12-8-10-15(11-9-12)17-19-16(13(2)18(21)20-17)14-6-4-3-5-7-14/h3-11H,1-2H3,(H,19,20,21). The van der Waals surface area contributed by atoms with Crippen molar-refractivity contribution >= 4 is 0 Å². The van der Waals surface area contributed by atoms with Crippen LogP contribution in [0.25, 0.3) is 22.6 Å². The highest BCUT2D eigenvalue weighted by Crippen LogP contribution is 2.22. The van der Waals surface area contributed by atoms with Gasteiger partial charge >= 0.3 is 0 Å². The summed E-state index contributed by atoms with van der Waals surface area (Å²) in [5.41, 5.74) is 4.31. The van der Waals surface area contributed by atoms with Gasteiger partial charge in [-0.2, -0.15) is 0 Å². The summed E-state index contributed by atoms with van der Waals surface area (Å²) < 4.78 is 0. The van der Waals surface area contributed by atoms with E-state index in [4.69, 9.17) is 0 Å². The van der Waals surface area contributed by atoms with Gasteiger partial charge in [0.05, 0.1) is 5.69 Å². The second-order valence-electron chi connectivity index (χ2n) is 5.12. The van der Waals surface area contributed by atoms with Gasteiger partial charge in [-0.05, 0) is 13.8 Å². The van der Waals surface area contributed by atoms with Crippen molar-refractivity contribution in [2.24, 2.45) is 0 Å². The number of rotatable bonds is 2. The zero-order valence-corrected chi connectivity index (χ0v) is 12.1. The molecule has 0 saturated heterocycles. The van der Waals surface area contributed by atoms with Crippen LogP contribution >= 0.6 is 0 Å². The topological polar surface area (TPSA) is 45.8 Å². The fraction of sp³-hybridized carbons (Fsp3) is 0.111. The molecule has 1 heterocycles. The molecule has 0 unspecified atom stereocenters. The van der Waals surface area contributed by atoms with E-state index in [1.165, 1.54) is 5.56 Å². The van der Waals surface area contributed by atoms with Crippen LogP contribution in [0.2, 0.25) is 0 Å². The molecule has 0 fully saturated rings. The van der Waals surface area contributed by atoms with Crippen molar-refractivity contribution in [1.82, 2.24) is 9.97 Å². The highest BCUT2D eigenvalue weighted by molar-refractivity contribution is 5.66. The highest BCUT2D eigenvalue weighted by atomic mass is 16.1. The van der Waals surface area contributed by atoms with Crippen LogP contribution in [0.5, 0.6) is 0 Å². The second-order valence-corrected chi connectivity index (χ2v) is 5.12. The third kappa shape index (κ3) is 2.63. The van der Waals surface area contributed by atoms with Crippen LogP contribution in [0.15, 0.2) is 59.4 Å². The average Bonchev–Trinajstić information content (AvgIpc) is 2.51. The van der Waals surface area contributed by atoms with E-state index in [-0.39, 0.29) is 5.56 Å². The first-order chi connectivity index (χ1) is 10.1. The average molecular weight is 276 g/mol. The maximum Gasteiger partial charge on any atom is 0.254 e. The first-order valence-electron chi connectivity index (χ1n) is 6.88. The lowest BCUT2D eigenvalue weighted by atomic mass is 10.1. The largest absolute Gasteiger partial charge is 0.306 e. The van der Waals surface area contributed by atoms with Gasteiger partial charge in [-0.25, -0.2) is 4.98 Å². The van der Waals surface area contributed by atoms with Gasteiger partial charge in [0.25, 0.3) is 5.56 Å². The Hall–Kier alpha value is -2.68. The molecule has 0 amide bonds. The van der Waals surface area contributed by atoms with Gasteiger partial charge in [0.15, 0.2) is 0 Å². The molecule has 0 aliphatic carbocycles. The molecule has 104 valence electrons. The number of aromatic amines is 1. The lowest BCUT2D eigenvalue weighted by Crippen LogP contribution is -2.14. The Morgan fingerprint density at radius 3 is 2.19 bits per heavy atom. The van der Waals surface area contributed by atoms with Crippen molar-refractivity contribution in [2.75, 3.05) is 0 Å². The van der Waals surface area contributed by atoms with Gasteiger partial charge in [-0.3, -0.25) is 4.79 Å². The van der Waals surface area contributed by atoms with Gasteiger partial charge in [-0.15, -0.1) is 0 Å². The minimum absolute atomic E-state index is 0.0978. The number of hydrogen-bond donors (Lipinski definition) is 1. The Morgan fingerprint density at radius 2 is 1.52 bits per heavy atom. The molecule has 3 nitrogen and oxygen atoms in total. The van der Waals surface area contributed by atoms with E-state index >= 15 is 0 Å². The molecule has 0 aliphatic heterocycles. The van der Waals surface area contributed by atoms with Crippen molar-refractivity contribution in [3.8, 4) is 22.6 Å². The molecular formula is C18H16N2O. The van der Waals surface area contributed by atoms with E-state index in [1.54, 1.807) is 6.92 Å². The molecule has 0 spiro atoms. The van der Waals surface area contributed by atoms with Crippen LogP contribution in [0.1, 0.15) is 11.1 Å². The molecule has 3 aromatic rings. The van der Waals surface area contributed by atoms with Crippen LogP contribution in [-0.2, 0) is 0 Å². The van der Waals surface area contributed by atoms with Crippen LogP contribution in [0.4, 0.5) is 0 Å². The summed E-state index contributed by atoms with van der Waals surface area (Å²) in [6.45, 7) is 3.83. The summed E-state index contributed by atoms with van der Waals surface area (Å²) in [5, 5.41) is 0. The molecule has 0 atom stereocenters. The van der Waals surface area contributed by atoms with Crippen LogP contribution < -0.4 is 5.56 Å². The predicted octanol–water partition coefficient (Wildman–Crippen LogP) is 3.72. The number of nitrogens with zero attached hydrogens (tertiary/aromatic N) is 1. The van der Waals surface area contributed by atoms with E-state index < -0.39 is 0 Å². The third-order valence-corrected chi connectivity index (χ3v) is 3.52. The fourth-order valence-corrected chi connectivity index (χ4v) is 2.26. The first-order valence-corrected chi connectivity index (χ1v) is 6.88. The molecule has 0 bridgehead atoms. The van der Waals surface area contributed by atoms with Crippen molar-refractivity contribution in [2.45, 2.75) is 13.8 Å². The molecule has 2 aromatic carbocycles. The second kappa shape index (κ2) is 5.37. The zero-order valence-electron chi connectivity index (χ0n) is 12.1. The van der Waals surface area contributed by atoms with Gasteiger partial charge < -0.3 is 4.98 Å². The Labute approximate surface area is 123 Å². The molecule has 0 radical (unpaired) electrons. The summed E-state index contributed by atoms with van der Waals surface area (Å²) in [4.78, 5) is 19.7. The molecule has 3 rings (SSSR count). The summed E-state index contributed by atoms with van der Waals surface area (Å²) >= 11 is 0. The van der Waals surface area contributed by atoms with Crippen molar-refractivity contribution in [3.05, 3.63) is 76.1 Å². The quantitative estimate of drug-likeness (QED) is 0.775. The maximum absolute atomic E-state index is 12.2. The summed E-state index contributed by atoms with van der Waals surface area (Å²) in [7, 11) is 0. The van der Waals surface area contributed by atoms with Crippen LogP contribution in [0.3, 0.4) is 0 Å². The summed E-state index contributed by atoms with van der Waals surface area (Å²) in [5.74, 6) is 0.601. The monoisotopic (exact) mass is 276 g/mol. The van der Waals surface area contributed by atoms with Gasteiger partial charge in [0.1, 0.15) is 5.82 Å². The maximum atomic E-state index is 12.2. The lowest BCUT2D eigenvalue weighted by Gasteiger charge is -2.08. The fourth-order valence-electron chi connectivity index (χ4n) is 2.26. The Balaban J connectivity index is 2.19. The molecular weight excluding hydrogens is 260 g/mol. The number of hydrogen-bond acceptors (Lipinski definition) is 2. The minimum Gasteiger partial charge on any atom is -0.306 e. The number of H-pyrrole nitrogens is 1. The van der Waals surface area contributed by atoms with Gasteiger partial charge in [0.2, 0.25) is 0 Å². The van der Waals surface area contributed by atoms with E-state index in [2.05, 4.69) is 9.97 Å². The van der Waals surface area contributed by atoms with E-state index in [0.717, 1.165) is 16.8 Å². The molecule has 0 aliphatic rings. The number of benzene rings is 2. The number of nitrogens with one attached hydrogen (secondary N) is 1. The highest BCUT2D eigenvalue weighted by Gasteiger charge is 2.10. The molecule has 1 aromatic heterocycles.